The van der Waals surface area contributed by atoms with Gasteiger partial charge in [-0.05, 0) is 54.7 Å². The molecular weight excluding hydrogens is 318 g/mol. The molecular formula is C20H21NO4. The summed E-state index contributed by atoms with van der Waals surface area (Å²) in [7, 11) is 1.56. The van der Waals surface area contributed by atoms with Crippen molar-refractivity contribution in [1.29, 1.82) is 0 Å². The Morgan fingerprint density at radius 2 is 1.88 bits per heavy atom. The number of aryl methyl sites for hydroxylation is 1. The van der Waals surface area contributed by atoms with Crippen molar-refractivity contribution in [2.45, 2.75) is 25.3 Å². The van der Waals surface area contributed by atoms with Gasteiger partial charge in [0.25, 0.3) is 5.91 Å². The monoisotopic (exact) mass is 339 g/mol. The summed E-state index contributed by atoms with van der Waals surface area (Å²) < 4.78 is 10.1. The molecule has 1 aliphatic rings. The highest BCUT2D eigenvalue weighted by atomic mass is 16.5. The summed E-state index contributed by atoms with van der Waals surface area (Å²) in [6.07, 6.45) is 2.97. The summed E-state index contributed by atoms with van der Waals surface area (Å²) in [6.45, 7) is -0.288. The Hall–Kier alpha value is -2.82. The number of ether oxygens (including phenoxy) is 2. The molecule has 1 aliphatic carbocycles. The molecule has 25 heavy (non-hydrogen) atoms. The SMILES string of the molecule is COc1ccc(C(=O)OCC(=O)N[C@@H]2CCCc3ccccc32)cc1. The molecule has 130 valence electrons. The van der Waals surface area contributed by atoms with E-state index in [4.69, 9.17) is 9.47 Å². The van der Waals surface area contributed by atoms with Crippen LogP contribution in [0.4, 0.5) is 0 Å². The molecule has 5 heteroatoms. The van der Waals surface area contributed by atoms with E-state index in [2.05, 4.69) is 11.4 Å². The molecule has 0 heterocycles. The lowest BCUT2D eigenvalue weighted by atomic mass is 9.88. The predicted octanol–water partition coefficient (Wildman–Crippen LogP) is 3.05. The first kappa shape index (κ1) is 17.0. The van der Waals surface area contributed by atoms with Crippen LogP contribution in [0.1, 0.15) is 40.4 Å². The minimum atomic E-state index is -0.526. The Balaban J connectivity index is 1.54. The minimum absolute atomic E-state index is 0.0165. The highest BCUT2D eigenvalue weighted by Gasteiger charge is 2.21. The fourth-order valence-corrected chi connectivity index (χ4v) is 3.08. The quantitative estimate of drug-likeness (QED) is 0.851. The standard InChI is InChI=1S/C20H21NO4/c1-24-16-11-9-15(10-12-16)20(23)25-13-19(22)21-18-8-4-6-14-5-2-3-7-17(14)18/h2-3,5,7,9-12,18H,4,6,8,13H2,1H3,(H,21,22)/t18-/m1/s1. The van der Waals surface area contributed by atoms with E-state index in [-0.39, 0.29) is 18.6 Å². The first-order valence-corrected chi connectivity index (χ1v) is 8.35. The predicted molar refractivity (Wildman–Crippen MR) is 93.5 cm³/mol. The van der Waals surface area contributed by atoms with Crippen LogP contribution in [0.3, 0.4) is 0 Å². The lowest BCUT2D eigenvalue weighted by molar-refractivity contribution is -0.125. The van der Waals surface area contributed by atoms with E-state index in [0.717, 1.165) is 24.8 Å². The molecule has 0 aliphatic heterocycles. The van der Waals surface area contributed by atoms with Gasteiger partial charge in [-0.15, -0.1) is 0 Å². The van der Waals surface area contributed by atoms with E-state index < -0.39 is 5.97 Å². The largest absolute Gasteiger partial charge is 0.497 e. The zero-order valence-electron chi connectivity index (χ0n) is 14.2. The summed E-state index contributed by atoms with van der Waals surface area (Å²) in [6, 6.07) is 14.7. The van der Waals surface area contributed by atoms with Crippen LogP contribution in [-0.4, -0.2) is 25.6 Å². The normalized spacial score (nSPS) is 15.8. The highest BCUT2D eigenvalue weighted by molar-refractivity contribution is 5.91. The highest BCUT2D eigenvalue weighted by Crippen LogP contribution is 2.29. The second kappa shape index (κ2) is 7.83. The van der Waals surface area contributed by atoms with Gasteiger partial charge < -0.3 is 14.8 Å². The maximum Gasteiger partial charge on any atom is 0.338 e. The number of rotatable bonds is 5. The Morgan fingerprint density at radius 1 is 1.12 bits per heavy atom. The molecule has 0 radical (unpaired) electrons. The number of carbonyl (C=O) groups excluding carboxylic acids is 2. The maximum absolute atomic E-state index is 12.1. The van der Waals surface area contributed by atoms with Gasteiger partial charge in [0.05, 0.1) is 18.7 Å². The number of hydrogen-bond donors (Lipinski definition) is 1. The molecule has 0 aromatic heterocycles. The number of fused-ring (bicyclic) bond motifs is 1. The summed E-state index contributed by atoms with van der Waals surface area (Å²) in [5.74, 6) is -0.157. The van der Waals surface area contributed by atoms with Gasteiger partial charge in [-0.3, -0.25) is 4.79 Å². The third-order valence-corrected chi connectivity index (χ3v) is 4.36. The Kier molecular flexibility index (Phi) is 5.33. The van der Waals surface area contributed by atoms with Crippen molar-refractivity contribution in [3.05, 3.63) is 65.2 Å². The second-order valence-corrected chi connectivity index (χ2v) is 6.02. The van der Waals surface area contributed by atoms with Gasteiger partial charge in [-0.1, -0.05) is 24.3 Å². The number of carbonyl (C=O) groups is 2. The summed E-state index contributed by atoms with van der Waals surface area (Å²) in [5, 5.41) is 2.96. The van der Waals surface area contributed by atoms with Crippen molar-refractivity contribution in [2.75, 3.05) is 13.7 Å². The smallest absolute Gasteiger partial charge is 0.338 e. The number of amides is 1. The zero-order valence-corrected chi connectivity index (χ0v) is 14.2. The van der Waals surface area contributed by atoms with E-state index in [1.807, 2.05) is 18.2 Å². The Morgan fingerprint density at radius 3 is 2.64 bits per heavy atom. The van der Waals surface area contributed by atoms with E-state index in [0.29, 0.717) is 11.3 Å². The molecule has 0 unspecified atom stereocenters. The van der Waals surface area contributed by atoms with Gasteiger partial charge in [0, 0.05) is 0 Å². The average Bonchev–Trinajstić information content (AvgIpc) is 2.66. The topological polar surface area (TPSA) is 64.6 Å². The number of hydrogen-bond acceptors (Lipinski definition) is 4. The molecule has 5 nitrogen and oxygen atoms in total. The van der Waals surface area contributed by atoms with Crippen molar-refractivity contribution in [1.82, 2.24) is 5.32 Å². The van der Waals surface area contributed by atoms with Crippen molar-refractivity contribution < 1.29 is 19.1 Å². The molecule has 0 saturated carbocycles. The molecule has 1 N–H and O–H groups in total. The van der Waals surface area contributed by atoms with Crippen molar-refractivity contribution in [3.63, 3.8) is 0 Å². The van der Waals surface area contributed by atoms with Gasteiger partial charge in [0.2, 0.25) is 0 Å². The van der Waals surface area contributed by atoms with Gasteiger partial charge in [0.15, 0.2) is 6.61 Å². The van der Waals surface area contributed by atoms with Gasteiger partial charge in [-0.25, -0.2) is 4.79 Å². The van der Waals surface area contributed by atoms with Gasteiger partial charge in [0.1, 0.15) is 5.75 Å². The van der Waals surface area contributed by atoms with E-state index in [9.17, 15) is 9.59 Å². The lowest BCUT2D eigenvalue weighted by Gasteiger charge is -2.26. The van der Waals surface area contributed by atoms with Crippen LogP contribution in [0, 0.1) is 0 Å². The molecule has 1 atom stereocenters. The van der Waals surface area contributed by atoms with E-state index in [1.54, 1.807) is 31.4 Å². The number of benzene rings is 2. The van der Waals surface area contributed by atoms with Crippen LogP contribution < -0.4 is 10.1 Å². The molecule has 2 aromatic rings. The van der Waals surface area contributed by atoms with E-state index in [1.165, 1.54) is 5.56 Å². The molecule has 1 amide bonds. The number of esters is 1. The van der Waals surface area contributed by atoms with Gasteiger partial charge >= 0.3 is 5.97 Å². The third kappa shape index (κ3) is 4.18. The molecule has 0 spiro atoms. The third-order valence-electron chi connectivity index (χ3n) is 4.36. The van der Waals surface area contributed by atoms with Crippen LogP contribution in [0.15, 0.2) is 48.5 Å². The number of nitrogens with one attached hydrogen (secondary N) is 1. The number of methoxy groups -OCH3 is 1. The Bertz CT molecular complexity index is 755. The Labute approximate surface area is 147 Å². The maximum atomic E-state index is 12.1. The van der Waals surface area contributed by atoms with Crippen LogP contribution in [0.2, 0.25) is 0 Å². The van der Waals surface area contributed by atoms with Crippen molar-refractivity contribution in [3.8, 4) is 5.75 Å². The first-order valence-electron chi connectivity index (χ1n) is 8.35. The minimum Gasteiger partial charge on any atom is -0.497 e. The first-order chi connectivity index (χ1) is 12.2. The fraction of sp³-hybridized carbons (Fsp3) is 0.300. The van der Waals surface area contributed by atoms with Crippen molar-refractivity contribution in [2.24, 2.45) is 0 Å². The van der Waals surface area contributed by atoms with Crippen molar-refractivity contribution >= 4 is 11.9 Å². The zero-order chi connectivity index (χ0) is 17.6. The van der Waals surface area contributed by atoms with Crippen LogP contribution in [0.25, 0.3) is 0 Å². The fourth-order valence-electron chi connectivity index (χ4n) is 3.08. The molecule has 0 fully saturated rings. The average molecular weight is 339 g/mol. The summed E-state index contributed by atoms with van der Waals surface area (Å²) in [5.41, 5.74) is 2.81. The van der Waals surface area contributed by atoms with Crippen LogP contribution in [-0.2, 0) is 16.0 Å². The summed E-state index contributed by atoms with van der Waals surface area (Å²) in [4.78, 5) is 24.1. The van der Waals surface area contributed by atoms with Crippen LogP contribution in [0.5, 0.6) is 5.75 Å². The van der Waals surface area contributed by atoms with Gasteiger partial charge in [-0.2, -0.15) is 0 Å². The molecule has 2 aromatic carbocycles. The second-order valence-electron chi connectivity index (χ2n) is 6.02. The van der Waals surface area contributed by atoms with Crippen LogP contribution >= 0.6 is 0 Å². The molecule has 0 saturated heterocycles. The van der Waals surface area contributed by atoms with E-state index >= 15 is 0 Å². The summed E-state index contributed by atoms with van der Waals surface area (Å²) >= 11 is 0. The molecule has 3 rings (SSSR count). The molecule has 0 bridgehead atoms. The lowest BCUT2D eigenvalue weighted by Crippen LogP contribution is -2.34.